The zero-order chi connectivity index (χ0) is 17.0. The number of carbonyl (C=O) groups excluding carboxylic acids is 2. The first-order valence-electron chi connectivity index (χ1n) is 8.25. The number of aliphatic hydroxyl groups excluding tert-OH is 1. The molecule has 1 aliphatic rings. The molecule has 5 nitrogen and oxygen atoms in total. The number of benzene rings is 1. The summed E-state index contributed by atoms with van der Waals surface area (Å²) in [6.07, 6.45) is 1.45. The molecule has 0 spiro atoms. The highest BCUT2D eigenvalue weighted by molar-refractivity contribution is 5.94. The van der Waals surface area contributed by atoms with E-state index in [9.17, 15) is 14.7 Å². The second kappa shape index (κ2) is 7.59. The Morgan fingerprint density at radius 2 is 1.78 bits per heavy atom. The lowest BCUT2D eigenvalue weighted by molar-refractivity contribution is -0.124. The number of hydrogen-bond acceptors (Lipinski definition) is 3. The van der Waals surface area contributed by atoms with Crippen LogP contribution in [0.2, 0.25) is 0 Å². The minimum Gasteiger partial charge on any atom is -0.392 e. The first-order chi connectivity index (χ1) is 10.9. The van der Waals surface area contributed by atoms with Crippen molar-refractivity contribution in [3.63, 3.8) is 0 Å². The highest BCUT2D eigenvalue weighted by Gasteiger charge is 2.29. The van der Waals surface area contributed by atoms with Gasteiger partial charge in [-0.1, -0.05) is 26.0 Å². The van der Waals surface area contributed by atoms with E-state index in [1.165, 1.54) is 0 Å². The smallest absolute Gasteiger partial charge is 0.227 e. The predicted octanol–water partition coefficient (Wildman–Crippen LogP) is 2.62. The normalized spacial score (nSPS) is 16.7. The minimum absolute atomic E-state index is 0.0606. The van der Waals surface area contributed by atoms with Gasteiger partial charge in [-0.05, 0) is 43.4 Å². The zero-order valence-electron chi connectivity index (χ0n) is 14.0. The zero-order valence-corrected chi connectivity index (χ0v) is 14.0. The molecule has 23 heavy (non-hydrogen) atoms. The summed E-state index contributed by atoms with van der Waals surface area (Å²) in [5.74, 6) is 0.164. The lowest BCUT2D eigenvalue weighted by atomic mass is 10.0. The van der Waals surface area contributed by atoms with Crippen LogP contribution in [0.25, 0.3) is 0 Å². The molecule has 5 heteroatoms. The molecule has 0 saturated heterocycles. The largest absolute Gasteiger partial charge is 0.392 e. The Hall–Kier alpha value is -1.88. The summed E-state index contributed by atoms with van der Waals surface area (Å²) in [7, 11) is 0. The van der Waals surface area contributed by atoms with E-state index in [1.807, 2.05) is 45.0 Å². The van der Waals surface area contributed by atoms with Gasteiger partial charge in [-0.15, -0.1) is 0 Å². The Bertz CT molecular complexity index is 550. The molecule has 2 atom stereocenters. The van der Waals surface area contributed by atoms with Crippen molar-refractivity contribution in [2.45, 2.75) is 52.2 Å². The highest BCUT2D eigenvalue weighted by Crippen LogP contribution is 2.30. The van der Waals surface area contributed by atoms with E-state index in [0.717, 1.165) is 24.1 Å². The molecule has 1 aromatic rings. The third-order valence-electron chi connectivity index (χ3n) is 4.17. The van der Waals surface area contributed by atoms with Crippen LogP contribution in [0.3, 0.4) is 0 Å². The quantitative estimate of drug-likeness (QED) is 0.723. The van der Waals surface area contributed by atoms with Crippen LogP contribution in [0, 0.1) is 11.8 Å². The lowest BCUT2D eigenvalue weighted by Gasteiger charge is -2.18. The molecule has 2 unspecified atom stereocenters. The summed E-state index contributed by atoms with van der Waals surface area (Å²) >= 11 is 0. The third kappa shape index (κ3) is 5.36. The second-order valence-corrected chi connectivity index (χ2v) is 6.69. The van der Waals surface area contributed by atoms with E-state index < -0.39 is 6.10 Å². The fourth-order valence-electron chi connectivity index (χ4n) is 2.25. The van der Waals surface area contributed by atoms with Crippen LogP contribution >= 0.6 is 0 Å². The average molecular weight is 318 g/mol. The standard InChI is InChI=1S/C18H26N2O3/c1-11(2)16(21)10-17(22)19-12(3)13-6-8-15(9-7-13)20-18(23)14-4-5-14/h6-9,11-12,14,16,21H,4-5,10H2,1-3H3,(H,19,22)(H,20,23). The second-order valence-electron chi connectivity index (χ2n) is 6.69. The maximum atomic E-state index is 11.9. The van der Waals surface area contributed by atoms with Crippen LogP contribution in [0.1, 0.15) is 51.6 Å². The summed E-state index contributed by atoms with van der Waals surface area (Å²) < 4.78 is 0. The molecule has 126 valence electrons. The first kappa shape index (κ1) is 17.5. The van der Waals surface area contributed by atoms with Crippen molar-refractivity contribution in [3.8, 4) is 0 Å². The van der Waals surface area contributed by atoms with Gasteiger partial charge in [-0.3, -0.25) is 9.59 Å². The number of carbonyl (C=O) groups is 2. The molecule has 2 rings (SSSR count). The van der Waals surface area contributed by atoms with Gasteiger partial charge in [0.2, 0.25) is 11.8 Å². The molecule has 1 aliphatic carbocycles. The van der Waals surface area contributed by atoms with E-state index in [4.69, 9.17) is 0 Å². The minimum atomic E-state index is -0.623. The number of aliphatic hydroxyl groups is 1. The molecule has 0 aromatic heterocycles. The van der Waals surface area contributed by atoms with Crippen LogP contribution in [-0.4, -0.2) is 23.0 Å². The predicted molar refractivity (Wildman–Crippen MR) is 89.8 cm³/mol. The molecule has 2 amide bonds. The summed E-state index contributed by atoms with van der Waals surface area (Å²) in [6.45, 7) is 5.67. The number of hydrogen-bond donors (Lipinski definition) is 3. The number of nitrogens with one attached hydrogen (secondary N) is 2. The van der Waals surface area contributed by atoms with Crippen LogP contribution in [-0.2, 0) is 9.59 Å². The average Bonchev–Trinajstić information content (AvgIpc) is 3.32. The van der Waals surface area contributed by atoms with E-state index in [-0.39, 0.29) is 36.1 Å². The summed E-state index contributed by atoms with van der Waals surface area (Å²) in [4.78, 5) is 23.6. The van der Waals surface area contributed by atoms with Gasteiger partial charge in [0.05, 0.1) is 18.6 Å². The molecule has 0 bridgehead atoms. The maximum Gasteiger partial charge on any atom is 0.227 e. The molecule has 0 aliphatic heterocycles. The fraction of sp³-hybridized carbons (Fsp3) is 0.556. The maximum absolute atomic E-state index is 11.9. The Morgan fingerprint density at radius 1 is 1.17 bits per heavy atom. The fourth-order valence-corrected chi connectivity index (χ4v) is 2.25. The Balaban J connectivity index is 1.85. The molecule has 1 aromatic carbocycles. The molecule has 0 radical (unpaired) electrons. The lowest BCUT2D eigenvalue weighted by Crippen LogP contribution is -2.31. The van der Waals surface area contributed by atoms with E-state index in [2.05, 4.69) is 10.6 Å². The topological polar surface area (TPSA) is 78.4 Å². The highest BCUT2D eigenvalue weighted by atomic mass is 16.3. The van der Waals surface area contributed by atoms with Crippen molar-refractivity contribution in [2.75, 3.05) is 5.32 Å². The van der Waals surface area contributed by atoms with Gasteiger partial charge < -0.3 is 15.7 Å². The third-order valence-corrected chi connectivity index (χ3v) is 4.17. The summed E-state index contributed by atoms with van der Waals surface area (Å²) in [5.41, 5.74) is 1.74. The van der Waals surface area contributed by atoms with E-state index >= 15 is 0 Å². The van der Waals surface area contributed by atoms with Crippen LogP contribution in [0.4, 0.5) is 5.69 Å². The van der Waals surface area contributed by atoms with Crippen molar-refractivity contribution in [3.05, 3.63) is 29.8 Å². The summed E-state index contributed by atoms with van der Waals surface area (Å²) in [6, 6.07) is 7.34. The molecular formula is C18H26N2O3. The van der Waals surface area contributed by atoms with Gasteiger partial charge in [0.1, 0.15) is 0 Å². The monoisotopic (exact) mass is 318 g/mol. The van der Waals surface area contributed by atoms with Crippen LogP contribution < -0.4 is 10.6 Å². The Labute approximate surface area is 137 Å². The Kier molecular flexibility index (Phi) is 5.77. The van der Waals surface area contributed by atoms with E-state index in [0.29, 0.717) is 0 Å². The van der Waals surface area contributed by atoms with Crippen molar-refractivity contribution in [1.29, 1.82) is 0 Å². The van der Waals surface area contributed by atoms with Gasteiger partial charge in [0.15, 0.2) is 0 Å². The summed E-state index contributed by atoms with van der Waals surface area (Å²) in [5, 5.41) is 15.5. The Morgan fingerprint density at radius 3 is 2.30 bits per heavy atom. The number of anilines is 1. The molecule has 0 heterocycles. The van der Waals surface area contributed by atoms with Crippen molar-refractivity contribution in [1.82, 2.24) is 5.32 Å². The first-order valence-corrected chi connectivity index (χ1v) is 8.25. The molecule has 3 N–H and O–H groups in total. The molecule has 1 fully saturated rings. The van der Waals surface area contributed by atoms with Crippen molar-refractivity contribution in [2.24, 2.45) is 11.8 Å². The van der Waals surface area contributed by atoms with Gasteiger partial charge in [-0.25, -0.2) is 0 Å². The van der Waals surface area contributed by atoms with Gasteiger partial charge >= 0.3 is 0 Å². The van der Waals surface area contributed by atoms with Crippen LogP contribution in [0.15, 0.2) is 24.3 Å². The van der Waals surface area contributed by atoms with Gasteiger partial charge in [-0.2, -0.15) is 0 Å². The molecule has 1 saturated carbocycles. The van der Waals surface area contributed by atoms with Crippen molar-refractivity contribution >= 4 is 17.5 Å². The van der Waals surface area contributed by atoms with Gasteiger partial charge in [0.25, 0.3) is 0 Å². The van der Waals surface area contributed by atoms with Crippen LogP contribution in [0.5, 0.6) is 0 Å². The number of rotatable bonds is 7. The van der Waals surface area contributed by atoms with Crippen molar-refractivity contribution < 1.29 is 14.7 Å². The number of amides is 2. The molecular weight excluding hydrogens is 292 g/mol. The van der Waals surface area contributed by atoms with E-state index in [1.54, 1.807) is 0 Å². The van der Waals surface area contributed by atoms with Gasteiger partial charge in [0, 0.05) is 11.6 Å². The SMILES string of the molecule is CC(NC(=O)CC(O)C(C)C)c1ccc(NC(=O)C2CC2)cc1.